The van der Waals surface area contributed by atoms with Crippen molar-refractivity contribution >= 4 is 17.5 Å². The zero-order valence-electron chi connectivity index (χ0n) is 8.53. The summed E-state index contributed by atoms with van der Waals surface area (Å²) in [6, 6.07) is 7.49. The van der Waals surface area contributed by atoms with Crippen LogP contribution in [0.1, 0.15) is 12.5 Å². The summed E-state index contributed by atoms with van der Waals surface area (Å²) in [5.74, 6) is -0.359. The zero-order chi connectivity index (χ0) is 11.3. The van der Waals surface area contributed by atoms with E-state index >= 15 is 0 Å². The van der Waals surface area contributed by atoms with Crippen LogP contribution in [0.4, 0.5) is 0 Å². The van der Waals surface area contributed by atoms with Crippen LogP contribution in [-0.4, -0.2) is 23.7 Å². The maximum atomic E-state index is 11.0. The molecule has 0 radical (unpaired) electrons. The number of aliphatic hydroxyl groups excluding tert-OH is 1. The largest absolute Gasteiger partial charge is 0.384 e. The van der Waals surface area contributed by atoms with E-state index in [0.717, 1.165) is 5.56 Å². The lowest BCUT2D eigenvalue weighted by Gasteiger charge is -2.07. The van der Waals surface area contributed by atoms with Crippen molar-refractivity contribution in [2.24, 2.45) is 0 Å². The number of amides is 1. The highest BCUT2D eigenvalue weighted by Gasteiger charge is 2.07. The molecule has 3 nitrogen and oxygen atoms in total. The van der Waals surface area contributed by atoms with E-state index in [1.54, 1.807) is 0 Å². The summed E-state index contributed by atoms with van der Waals surface area (Å²) in [5.41, 5.74) is 0.991. The Bertz CT molecular complexity index is 339. The molecule has 2 N–H and O–H groups in total. The van der Waals surface area contributed by atoms with Crippen LogP contribution in [0, 0.1) is 0 Å². The average Bonchev–Trinajstić information content (AvgIpc) is 2.20. The first-order valence-electron chi connectivity index (χ1n) is 4.80. The molecule has 0 spiro atoms. The minimum Gasteiger partial charge on any atom is -0.384 e. The molecule has 0 aliphatic heterocycles. The lowest BCUT2D eigenvalue weighted by molar-refractivity contribution is -0.128. The van der Waals surface area contributed by atoms with Crippen molar-refractivity contribution in [1.29, 1.82) is 0 Å². The first kappa shape index (κ1) is 12.0. The Morgan fingerprint density at radius 1 is 1.53 bits per heavy atom. The molecule has 0 fully saturated rings. The highest BCUT2D eigenvalue weighted by molar-refractivity contribution is 6.31. The quantitative estimate of drug-likeness (QED) is 0.817. The van der Waals surface area contributed by atoms with E-state index in [4.69, 9.17) is 16.7 Å². The summed E-state index contributed by atoms with van der Waals surface area (Å²) in [6.07, 6.45) is -0.297. The maximum Gasteiger partial charge on any atom is 0.248 e. The van der Waals surface area contributed by atoms with Gasteiger partial charge in [0, 0.05) is 11.6 Å². The Hall–Kier alpha value is -1.06. The topological polar surface area (TPSA) is 49.3 Å². The van der Waals surface area contributed by atoms with Gasteiger partial charge in [0.05, 0.1) is 0 Å². The molecule has 0 bridgehead atoms. The number of nitrogens with one attached hydrogen (secondary N) is 1. The van der Waals surface area contributed by atoms with E-state index in [9.17, 15) is 4.79 Å². The molecule has 0 heterocycles. The fraction of sp³-hybridized carbons (Fsp3) is 0.364. The molecule has 15 heavy (non-hydrogen) atoms. The van der Waals surface area contributed by atoms with Crippen LogP contribution < -0.4 is 5.32 Å². The Kier molecular flexibility index (Phi) is 4.59. The van der Waals surface area contributed by atoms with E-state index < -0.39 is 6.10 Å². The van der Waals surface area contributed by atoms with Gasteiger partial charge < -0.3 is 10.4 Å². The van der Waals surface area contributed by atoms with Crippen molar-refractivity contribution in [3.05, 3.63) is 34.9 Å². The molecule has 0 aliphatic carbocycles. The Morgan fingerprint density at radius 2 is 2.20 bits per heavy atom. The number of carbonyl (C=O) groups is 1. The number of hydrogen-bond donors (Lipinski definition) is 2. The van der Waals surface area contributed by atoms with Gasteiger partial charge in [0.2, 0.25) is 5.91 Å². The number of hydrogen-bond acceptors (Lipinski definition) is 2. The molecule has 1 amide bonds. The number of rotatable bonds is 4. The van der Waals surface area contributed by atoms with Crippen molar-refractivity contribution in [2.75, 3.05) is 6.54 Å². The molecule has 1 aromatic rings. The summed E-state index contributed by atoms with van der Waals surface area (Å²) >= 11 is 5.94. The molecule has 1 unspecified atom stereocenters. The second kappa shape index (κ2) is 5.73. The van der Waals surface area contributed by atoms with Crippen molar-refractivity contribution in [1.82, 2.24) is 5.32 Å². The Balaban J connectivity index is 2.38. The van der Waals surface area contributed by atoms with Crippen LogP contribution in [0.5, 0.6) is 0 Å². The predicted molar refractivity (Wildman–Crippen MR) is 59.8 cm³/mol. The minimum atomic E-state index is -0.962. The number of halogens is 1. The van der Waals surface area contributed by atoms with Gasteiger partial charge in [-0.3, -0.25) is 4.79 Å². The third-order valence-electron chi connectivity index (χ3n) is 2.03. The van der Waals surface area contributed by atoms with Crippen molar-refractivity contribution in [2.45, 2.75) is 19.4 Å². The smallest absolute Gasteiger partial charge is 0.248 e. The van der Waals surface area contributed by atoms with E-state index in [1.807, 2.05) is 24.3 Å². The van der Waals surface area contributed by atoms with Gasteiger partial charge >= 0.3 is 0 Å². The molecule has 4 heteroatoms. The van der Waals surface area contributed by atoms with Crippen LogP contribution in [0.2, 0.25) is 5.02 Å². The molecular weight excluding hydrogens is 214 g/mol. The Morgan fingerprint density at radius 3 is 2.80 bits per heavy atom. The number of carbonyl (C=O) groups excluding carboxylic acids is 1. The predicted octanol–water partition coefficient (Wildman–Crippen LogP) is 1.38. The summed E-state index contributed by atoms with van der Waals surface area (Å²) in [5, 5.41) is 12.2. The van der Waals surface area contributed by atoms with E-state index in [0.29, 0.717) is 18.0 Å². The molecule has 1 rings (SSSR count). The zero-order valence-corrected chi connectivity index (χ0v) is 9.29. The highest BCUT2D eigenvalue weighted by Crippen LogP contribution is 2.14. The van der Waals surface area contributed by atoms with Crippen molar-refractivity contribution in [3.8, 4) is 0 Å². The van der Waals surface area contributed by atoms with Gasteiger partial charge in [-0.15, -0.1) is 0 Å². The average molecular weight is 228 g/mol. The van der Waals surface area contributed by atoms with Crippen molar-refractivity contribution in [3.63, 3.8) is 0 Å². The van der Waals surface area contributed by atoms with Gasteiger partial charge in [0.1, 0.15) is 6.10 Å². The molecule has 1 aromatic carbocycles. The summed E-state index contributed by atoms with van der Waals surface area (Å²) in [7, 11) is 0. The fourth-order valence-corrected chi connectivity index (χ4v) is 1.40. The van der Waals surface area contributed by atoms with Gasteiger partial charge in [-0.25, -0.2) is 0 Å². The minimum absolute atomic E-state index is 0.359. The lowest BCUT2D eigenvalue weighted by atomic mass is 10.1. The summed E-state index contributed by atoms with van der Waals surface area (Å²) in [6.45, 7) is 1.91. The van der Waals surface area contributed by atoms with Gasteiger partial charge in [0.15, 0.2) is 0 Å². The third-order valence-corrected chi connectivity index (χ3v) is 2.40. The van der Waals surface area contributed by atoms with Gasteiger partial charge in [0.25, 0.3) is 0 Å². The molecule has 0 saturated carbocycles. The van der Waals surface area contributed by atoms with Gasteiger partial charge in [-0.05, 0) is 25.0 Å². The molecule has 1 atom stereocenters. The van der Waals surface area contributed by atoms with Crippen LogP contribution in [0.3, 0.4) is 0 Å². The first-order valence-corrected chi connectivity index (χ1v) is 5.18. The monoisotopic (exact) mass is 227 g/mol. The molecular formula is C11H14ClNO2. The van der Waals surface area contributed by atoms with E-state index in [-0.39, 0.29) is 5.91 Å². The number of aliphatic hydroxyl groups is 1. The summed E-state index contributed by atoms with van der Waals surface area (Å²) in [4.78, 5) is 11.0. The second-order valence-corrected chi connectivity index (χ2v) is 3.72. The number of benzene rings is 1. The standard InChI is InChI=1S/C11H14ClNO2/c1-8(14)11(15)13-7-6-9-4-2-3-5-10(9)12/h2-5,8,14H,6-7H2,1H3,(H,13,15). The molecule has 0 aliphatic rings. The van der Waals surface area contributed by atoms with Crippen LogP contribution >= 0.6 is 11.6 Å². The van der Waals surface area contributed by atoms with E-state index in [2.05, 4.69) is 5.32 Å². The third kappa shape index (κ3) is 3.90. The normalized spacial score (nSPS) is 12.2. The molecule has 82 valence electrons. The SMILES string of the molecule is CC(O)C(=O)NCCc1ccccc1Cl. The van der Waals surface area contributed by atoms with Crippen LogP contribution in [0.15, 0.2) is 24.3 Å². The molecule has 0 aromatic heterocycles. The van der Waals surface area contributed by atoms with Gasteiger partial charge in [-0.1, -0.05) is 29.8 Å². The van der Waals surface area contributed by atoms with Crippen LogP contribution in [0.25, 0.3) is 0 Å². The summed E-state index contributed by atoms with van der Waals surface area (Å²) < 4.78 is 0. The van der Waals surface area contributed by atoms with E-state index in [1.165, 1.54) is 6.92 Å². The first-order chi connectivity index (χ1) is 7.11. The Labute approximate surface area is 94.1 Å². The van der Waals surface area contributed by atoms with Crippen LogP contribution in [-0.2, 0) is 11.2 Å². The molecule has 0 saturated heterocycles. The van der Waals surface area contributed by atoms with Crippen molar-refractivity contribution < 1.29 is 9.90 Å². The second-order valence-electron chi connectivity index (χ2n) is 3.31. The fourth-order valence-electron chi connectivity index (χ4n) is 1.17. The lowest BCUT2D eigenvalue weighted by Crippen LogP contribution is -2.33. The highest BCUT2D eigenvalue weighted by atomic mass is 35.5. The van der Waals surface area contributed by atoms with Gasteiger partial charge in [-0.2, -0.15) is 0 Å². The maximum absolute atomic E-state index is 11.0.